The predicted molar refractivity (Wildman–Crippen MR) is 89.4 cm³/mol. The van der Waals surface area contributed by atoms with E-state index in [1.54, 1.807) is 25.3 Å². The van der Waals surface area contributed by atoms with E-state index < -0.39 is 10.8 Å². The summed E-state index contributed by atoms with van der Waals surface area (Å²) in [5.74, 6) is 1.11. The van der Waals surface area contributed by atoms with Crippen LogP contribution >= 0.6 is 31.9 Å². The topological polar surface area (TPSA) is 52.3 Å². The van der Waals surface area contributed by atoms with Crippen molar-refractivity contribution in [3.05, 3.63) is 50.9 Å². The van der Waals surface area contributed by atoms with Crippen LogP contribution in [0.2, 0.25) is 0 Å². The van der Waals surface area contributed by atoms with Gasteiger partial charge in [0.05, 0.1) is 28.6 Å². The number of hydrogen-bond acceptors (Lipinski definition) is 3. The monoisotopic (exact) mass is 417 g/mol. The second-order valence-corrected chi connectivity index (χ2v) is 7.33. The smallest absolute Gasteiger partial charge is 0.123 e. The van der Waals surface area contributed by atoms with E-state index in [4.69, 9.17) is 10.5 Å². The van der Waals surface area contributed by atoms with Crippen LogP contribution in [0.15, 0.2) is 50.2 Å². The van der Waals surface area contributed by atoms with E-state index in [1.165, 1.54) is 0 Å². The second kappa shape index (κ2) is 6.74. The van der Waals surface area contributed by atoms with Crippen molar-refractivity contribution in [1.29, 1.82) is 0 Å². The molecule has 0 saturated heterocycles. The Morgan fingerprint density at radius 3 is 2.60 bits per heavy atom. The Hall–Kier alpha value is -0.850. The van der Waals surface area contributed by atoms with Crippen molar-refractivity contribution in [1.82, 2.24) is 0 Å². The number of methoxy groups -OCH3 is 1. The summed E-state index contributed by atoms with van der Waals surface area (Å²) >= 11 is 6.81. The summed E-state index contributed by atoms with van der Waals surface area (Å²) in [4.78, 5) is 0.723. The minimum atomic E-state index is -1.18. The number of halogens is 2. The van der Waals surface area contributed by atoms with Gasteiger partial charge in [-0.1, -0.05) is 15.9 Å². The van der Waals surface area contributed by atoms with Crippen LogP contribution in [-0.2, 0) is 16.6 Å². The van der Waals surface area contributed by atoms with Gasteiger partial charge in [0.15, 0.2) is 0 Å². The first-order valence-electron chi connectivity index (χ1n) is 5.77. The van der Waals surface area contributed by atoms with E-state index in [-0.39, 0.29) is 0 Å². The van der Waals surface area contributed by atoms with Gasteiger partial charge in [0, 0.05) is 20.2 Å². The van der Waals surface area contributed by atoms with Gasteiger partial charge in [0.1, 0.15) is 5.75 Å². The van der Waals surface area contributed by atoms with Gasteiger partial charge in [0.25, 0.3) is 0 Å². The van der Waals surface area contributed by atoms with E-state index in [0.29, 0.717) is 11.4 Å². The Morgan fingerprint density at radius 1 is 1.20 bits per heavy atom. The Bertz CT molecular complexity index is 662. The molecule has 0 saturated carbocycles. The van der Waals surface area contributed by atoms with Crippen LogP contribution in [0.4, 0.5) is 5.69 Å². The number of rotatable bonds is 4. The maximum absolute atomic E-state index is 12.5. The van der Waals surface area contributed by atoms with Crippen molar-refractivity contribution in [3.63, 3.8) is 0 Å². The quantitative estimate of drug-likeness (QED) is 0.760. The zero-order valence-electron chi connectivity index (χ0n) is 10.7. The summed E-state index contributed by atoms with van der Waals surface area (Å²) in [6.07, 6.45) is 0. The van der Waals surface area contributed by atoms with E-state index in [9.17, 15) is 4.21 Å². The molecule has 0 aliphatic carbocycles. The number of nitrogen functional groups attached to an aromatic ring is 1. The summed E-state index contributed by atoms with van der Waals surface area (Å²) in [6, 6.07) is 10.9. The van der Waals surface area contributed by atoms with Crippen LogP contribution in [-0.4, -0.2) is 11.3 Å². The third-order valence-electron chi connectivity index (χ3n) is 2.73. The van der Waals surface area contributed by atoms with Gasteiger partial charge in [-0.05, 0) is 52.3 Å². The van der Waals surface area contributed by atoms with Crippen molar-refractivity contribution in [3.8, 4) is 5.75 Å². The fourth-order valence-corrected chi connectivity index (χ4v) is 4.29. The molecule has 0 radical (unpaired) electrons. The normalized spacial score (nSPS) is 12.2. The van der Waals surface area contributed by atoms with Gasteiger partial charge in [-0.3, -0.25) is 4.21 Å². The molecule has 106 valence electrons. The van der Waals surface area contributed by atoms with Gasteiger partial charge in [-0.25, -0.2) is 0 Å². The third-order valence-corrected chi connectivity index (χ3v) is 5.56. The first-order valence-corrected chi connectivity index (χ1v) is 8.67. The Balaban J connectivity index is 2.30. The van der Waals surface area contributed by atoms with Gasteiger partial charge in [-0.2, -0.15) is 0 Å². The van der Waals surface area contributed by atoms with Gasteiger partial charge >= 0.3 is 0 Å². The number of ether oxygens (including phenoxy) is 1. The molecule has 0 amide bonds. The molecule has 2 aromatic carbocycles. The number of benzene rings is 2. The highest BCUT2D eigenvalue weighted by Crippen LogP contribution is 2.28. The van der Waals surface area contributed by atoms with Gasteiger partial charge in [0.2, 0.25) is 0 Å². The lowest BCUT2D eigenvalue weighted by molar-refractivity contribution is 0.411. The molecule has 0 aliphatic heterocycles. The highest BCUT2D eigenvalue weighted by Gasteiger charge is 2.13. The zero-order chi connectivity index (χ0) is 14.7. The van der Waals surface area contributed by atoms with Crippen LogP contribution < -0.4 is 10.5 Å². The molecular weight excluding hydrogens is 406 g/mol. The fourth-order valence-electron chi connectivity index (χ4n) is 1.78. The molecule has 0 heterocycles. The molecule has 0 aromatic heterocycles. The van der Waals surface area contributed by atoms with Crippen molar-refractivity contribution < 1.29 is 8.95 Å². The van der Waals surface area contributed by atoms with E-state index in [0.717, 1.165) is 25.2 Å². The van der Waals surface area contributed by atoms with Gasteiger partial charge in [-0.15, -0.1) is 0 Å². The van der Waals surface area contributed by atoms with Crippen molar-refractivity contribution in [2.24, 2.45) is 0 Å². The van der Waals surface area contributed by atoms with Crippen LogP contribution in [0.3, 0.4) is 0 Å². The van der Waals surface area contributed by atoms with Crippen LogP contribution in [0.25, 0.3) is 0 Å². The number of nitrogens with two attached hydrogens (primary N) is 1. The predicted octanol–water partition coefficient (Wildman–Crippen LogP) is 4.11. The molecule has 0 fully saturated rings. The van der Waals surface area contributed by atoms with E-state index in [1.807, 2.05) is 18.2 Å². The lowest BCUT2D eigenvalue weighted by Crippen LogP contribution is -2.00. The highest BCUT2D eigenvalue weighted by molar-refractivity contribution is 9.10. The van der Waals surface area contributed by atoms with E-state index in [2.05, 4.69) is 31.9 Å². The summed E-state index contributed by atoms with van der Waals surface area (Å²) < 4.78 is 19.5. The van der Waals surface area contributed by atoms with E-state index >= 15 is 0 Å². The maximum atomic E-state index is 12.5. The minimum Gasteiger partial charge on any atom is -0.496 e. The Kier molecular flexibility index (Phi) is 5.23. The molecule has 2 rings (SSSR count). The lowest BCUT2D eigenvalue weighted by atomic mass is 10.2. The first-order chi connectivity index (χ1) is 9.51. The average molecular weight is 419 g/mol. The molecule has 0 bridgehead atoms. The molecule has 0 aliphatic rings. The summed E-state index contributed by atoms with van der Waals surface area (Å²) in [7, 11) is 0.428. The van der Waals surface area contributed by atoms with Crippen molar-refractivity contribution >= 4 is 48.3 Å². The standard InChI is InChI=1S/C14H13Br2NO2S/c1-19-13-4-2-10(15)6-9(13)8-20(18)14-5-3-11(17)7-12(14)16/h2-7H,8,17H2,1H3. The third kappa shape index (κ3) is 3.62. The molecule has 1 unspecified atom stereocenters. The number of hydrogen-bond donors (Lipinski definition) is 1. The van der Waals surface area contributed by atoms with Crippen LogP contribution in [0, 0.1) is 0 Å². The SMILES string of the molecule is COc1ccc(Br)cc1CS(=O)c1ccc(N)cc1Br. The van der Waals surface area contributed by atoms with Crippen LogP contribution in [0.1, 0.15) is 5.56 Å². The lowest BCUT2D eigenvalue weighted by Gasteiger charge is -2.10. The fraction of sp³-hybridized carbons (Fsp3) is 0.143. The molecule has 0 spiro atoms. The minimum absolute atomic E-state index is 0.380. The first kappa shape index (κ1) is 15.5. The Labute approximate surface area is 137 Å². The maximum Gasteiger partial charge on any atom is 0.123 e. The van der Waals surface area contributed by atoms with Crippen molar-refractivity contribution in [2.45, 2.75) is 10.6 Å². The molecule has 6 heteroatoms. The molecule has 3 nitrogen and oxygen atoms in total. The molecule has 2 aromatic rings. The highest BCUT2D eigenvalue weighted by atomic mass is 79.9. The molecule has 1 atom stereocenters. The van der Waals surface area contributed by atoms with Gasteiger partial charge < -0.3 is 10.5 Å². The molecule has 2 N–H and O–H groups in total. The average Bonchev–Trinajstić information content (AvgIpc) is 2.38. The summed E-state index contributed by atoms with van der Waals surface area (Å²) in [6.45, 7) is 0. The molecule has 20 heavy (non-hydrogen) atoms. The zero-order valence-corrected chi connectivity index (χ0v) is 14.7. The Morgan fingerprint density at radius 2 is 1.95 bits per heavy atom. The van der Waals surface area contributed by atoms with Crippen LogP contribution in [0.5, 0.6) is 5.75 Å². The second-order valence-electron chi connectivity index (χ2n) is 4.14. The molecular formula is C14H13Br2NO2S. The largest absolute Gasteiger partial charge is 0.496 e. The number of anilines is 1. The summed E-state index contributed by atoms with van der Waals surface area (Å²) in [5, 5.41) is 0. The van der Waals surface area contributed by atoms with Crippen molar-refractivity contribution in [2.75, 3.05) is 12.8 Å². The summed E-state index contributed by atoms with van der Waals surface area (Å²) in [5.41, 5.74) is 7.22.